The van der Waals surface area contributed by atoms with Crippen LogP contribution in [0.2, 0.25) is 0 Å². The van der Waals surface area contributed by atoms with Crippen molar-refractivity contribution < 1.29 is 0 Å². The molecular weight excluding hydrogens is 737 g/mol. The molecule has 0 radical (unpaired) electrons. The molecule has 61 heavy (non-hydrogen) atoms. The van der Waals surface area contributed by atoms with Gasteiger partial charge in [0.2, 0.25) is 0 Å². The predicted octanol–water partition coefficient (Wildman–Crippen LogP) is 15.3. The van der Waals surface area contributed by atoms with E-state index in [0.717, 1.165) is 0 Å². The van der Waals surface area contributed by atoms with E-state index in [-0.39, 0.29) is 21.9 Å². The number of benzene rings is 7. The molecule has 2 fully saturated rings. The second-order valence-corrected chi connectivity index (χ2v) is 20.4. The Hall–Kier alpha value is -5.60. The van der Waals surface area contributed by atoms with Gasteiger partial charge >= 0.3 is 0 Å². The summed E-state index contributed by atoms with van der Waals surface area (Å²) in [4.78, 5) is 5.61. The molecule has 304 valence electrons. The lowest BCUT2D eigenvalue weighted by Crippen LogP contribution is -2.54. The second-order valence-electron chi connectivity index (χ2n) is 20.4. The molecule has 3 aliphatic carbocycles. The van der Waals surface area contributed by atoms with Crippen molar-refractivity contribution in [3.8, 4) is 11.1 Å². The van der Waals surface area contributed by atoms with Crippen molar-refractivity contribution in [3.05, 3.63) is 190 Å². The number of rotatable bonds is 4. The molecule has 0 saturated heterocycles. The quantitative estimate of drug-likeness (QED) is 0.175. The lowest BCUT2D eigenvalue weighted by atomic mass is 9.61. The fourth-order valence-corrected chi connectivity index (χ4v) is 14.1. The molecule has 7 aromatic rings. The van der Waals surface area contributed by atoms with Gasteiger partial charge in [0.05, 0.1) is 16.5 Å². The molecule has 2 nitrogen and oxygen atoms in total. The number of aryl methyl sites for hydroxylation is 2. The molecule has 5 aliphatic rings. The number of nitrogens with zero attached hydrogens (tertiary/aromatic N) is 2. The Bertz CT molecular complexity index is 2890. The van der Waals surface area contributed by atoms with Crippen LogP contribution in [0, 0.1) is 13.8 Å². The lowest BCUT2D eigenvalue weighted by Gasteiger charge is -2.50. The maximum atomic E-state index is 2.83. The molecule has 2 aliphatic heterocycles. The van der Waals surface area contributed by atoms with Gasteiger partial charge in [0.15, 0.2) is 0 Å². The van der Waals surface area contributed by atoms with Gasteiger partial charge in [0.1, 0.15) is 0 Å². The minimum atomic E-state index is -0.554. The number of hydrogen-bond donors (Lipinski definition) is 0. The van der Waals surface area contributed by atoms with Crippen LogP contribution in [0.4, 0.5) is 22.7 Å². The van der Waals surface area contributed by atoms with Gasteiger partial charge in [-0.1, -0.05) is 166 Å². The highest BCUT2D eigenvalue weighted by molar-refractivity contribution is 6.11. The molecule has 0 aromatic heterocycles. The van der Waals surface area contributed by atoms with Crippen LogP contribution in [0.3, 0.4) is 0 Å². The fraction of sp³-hybridized carbons (Fsp3) is 0.322. The van der Waals surface area contributed by atoms with Crippen LogP contribution in [-0.2, 0) is 16.2 Å². The summed E-state index contributed by atoms with van der Waals surface area (Å²) in [7, 11) is 0. The van der Waals surface area contributed by atoms with Gasteiger partial charge in [-0.25, -0.2) is 0 Å². The van der Waals surface area contributed by atoms with Gasteiger partial charge < -0.3 is 9.80 Å². The van der Waals surface area contributed by atoms with Crippen molar-refractivity contribution in [3.63, 3.8) is 0 Å². The van der Waals surface area contributed by atoms with Crippen molar-refractivity contribution in [2.24, 2.45) is 0 Å². The molecule has 0 amide bonds. The standard InChI is InChI=1S/C59H58N2/c1-39-25-29-51-48(35-39)55(3)31-15-17-33-57(55,5)60(51)43-27-28-46-47(37-43)59(41-19-9-7-10-20-41,42-21-11-8-12-22-42)50-38-53(44-23-13-14-24-45(44)54(46)50)61-52-30-26-40(2)36-49(52)56(4)32-16-18-34-58(56,61)6/h7-14,19-30,35-38H,15-18,31-34H2,1-6H3. The molecular formula is C59H58N2. The summed E-state index contributed by atoms with van der Waals surface area (Å²) in [5, 5.41) is 2.68. The van der Waals surface area contributed by atoms with Gasteiger partial charge in [-0.3, -0.25) is 0 Å². The maximum absolute atomic E-state index is 2.83. The van der Waals surface area contributed by atoms with Crippen molar-refractivity contribution in [1.82, 2.24) is 0 Å². The summed E-state index contributed by atoms with van der Waals surface area (Å²) in [5.41, 5.74) is 18.8. The van der Waals surface area contributed by atoms with E-state index >= 15 is 0 Å². The maximum Gasteiger partial charge on any atom is 0.0715 e. The summed E-state index contributed by atoms with van der Waals surface area (Å²) >= 11 is 0. The Labute approximate surface area is 363 Å². The average Bonchev–Trinajstić information content (AvgIpc) is 3.77. The number of anilines is 4. The second kappa shape index (κ2) is 12.7. The summed E-state index contributed by atoms with van der Waals surface area (Å²) in [6.07, 6.45) is 9.85. The van der Waals surface area contributed by atoms with Gasteiger partial charge in [-0.15, -0.1) is 0 Å². The van der Waals surface area contributed by atoms with E-state index in [1.165, 1.54) is 141 Å². The van der Waals surface area contributed by atoms with Crippen LogP contribution >= 0.6 is 0 Å². The zero-order chi connectivity index (χ0) is 41.5. The monoisotopic (exact) mass is 794 g/mol. The van der Waals surface area contributed by atoms with Crippen molar-refractivity contribution in [1.29, 1.82) is 0 Å². The van der Waals surface area contributed by atoms with Crippen molar-refractivity contribution >= 4 is 33.5 Å². The highest BCUT2D eigenvalue weighted by atomic mass is 15.3. The first-order chi connectivity index (χ1) is 29.5. The SMILES string of the molecule is Cc1ccc2c(c1)C1(C)CCCCC1(C)N2c1ccc2c(c1)C(c1ccccc1)(c1ccccc1)c1cc(N3c4ccc(C)cc4C4(C)CCCCC34C)c3ccccc3c1-2. The largest absolute Gasteiger partial charge is 0.334 e. The van der Waals surface area contributed by atoms with Gasteiger partial charge in [-0.05, 0) is 134 Å². The zero-order valence-electron chi connectivity index (χ0n) is 36.9. The smallest absolute Gasteiger partial charge is 0.0715 e. The van der Waals surface area contributed by atoms with Crippen LogP contribution in [0.1, 0.15) is 124 Å². The molecule has 4 unspecified atom stereocenters. The van der Waals surface area contributed by atoms with E-state index in [2.05, 4.69) is 197 Å². The molecule has 2 heterocycles. The molecule has 0 N–H and O–H groups in total. The normalized spacial score (nSPS) is 26.7. The van der Waals surface area contributed by atoms with E-state index < -0.39 is 5.41 Å². The Morgan fingerprint density at radius 3 is 1.51 bits per heavy atom. The van der Waals surface area contributed by atoms with Crippen LogP contribution in [0.5, 0.6) is 0 Å². The van der Waals surface area contributed by atoms with E-state index in [1.54, 1.807) is 0 Å². The van der Waals surface area contributed by atoms with E-state index in [1.807, 2.05) is 0 Å². The molecule has 2 saturated carbocycles. The van der Waals surface area contributed by atoms with Crippen LogP contribution in [0.25, 0.3) is 21.9 Å². The molecule has 12 rings (SSSR count). The number of hydrogen-bond acceptors (Lipinski definition) is 2. The minimum absolute atomic E-state index is 0.0350. The van der Waals surface area contributed by atoms with Gasteiger partial charge in [-0.2, -0.15) is 0 Å². The molecule has 2 heteroatoms. The van der Waals surface area contributed by atoms with Crippen molar-refractivity contribution in [2.75, 3.05) is 9.80 Å². The Balaban J connectivity index is 1.18. The van der Waals surface area contributed by atoms with Crippen molar-refractivity contribution in [2.45, 2.75) is 120 Å². The third-order valence-corrected chi connectivity index (χ3v) is 17.5. The summed E-state index contributed by atoms with van der Waals surface area (Å²) in [5.74, 6) is 0. The summed E-state index contributed by atoms with van der Waals surface area (Å²) in [6.45, 7) is 14.8. The van der Waals surface area contributed by atoms with E-state index in [4.69, 9.17) is 0 Å². The van der Waals surface area contributed by atoms with Crippen LogP contribution in [0.15, 0.2) is 146 Å². The zero-order valence-corrected chi connectivity index (χ0v) is 36.9. The highest BCUT2D eigenvalue weighted by Gasteiger charge is 2.60. The van der Waals surface area contributed by atoms with Crippen LogP contribution < -0.4 is 9.80 Å². The Kier molecular flexibility index (Phi) is 7.76. The van der Waals surface area contributed by atoms with E-state index in [0.29, 0.717) is 0 Å². The molecule has 0 spiro atoms. The third-order valence-electron chi connectivity index (χ3n) is 17.5. The topological polar surface area (TPSA) is 6.48 Å². The molecule has 4 atom stereocenters. The first kappa shape index (κ1) is 37.2. The fourth-order valence-electron chi connectivity index (χ4n) is 14.1. The first-order valence-electron chi connectivity index (χ1n) is 23.2. The lowest BCUT2D eigenvalue weighted by molar-refractivity contribution is 0.195. The minimum Gasteiger partial charge on any atom is -0.334 e. The Morgan fingerprint density at radius 2 is 0.918 bits per heavy atom. The van der Waals surface area contributed by atoms with E-state index in [9.17, 15) is 0 Å². The first-order valence-corrected chi connectivity index (χ1v) is 23.2. The predicted molar refractivity (Wildman–Crippen MR) is 256 cm³/mol. The summed E-state index contributed by atoms with van der Waals surface area (Å²) in [6, 6.07) is 57.2. The average molecular weight is 795 g/mol. The van der Waals surface area contributed by atoms with Crippen LogP contribution in [-0.4, -0.2) is 11.1 Å². The Morgan fingerprint density at radius 1 is 0.410 bits per heavy atom. The molecule has 7 aromatic carbocycles. The van der Waals surface area contributed by atoms with Gasteiger partial charge in [0, 0.05) is 39.0 Å². The third kappa shape index (κ3) is 4.59. The summed E-state index contributed by atoms with van der Waals surface area (Å²) < 4.78 is 0. The van der Waals surface area contributed by atoms with Gasteiger partial charge in [0.25, 0.3) is 0 Å². The highest BCUT2D eigenvalue weighted by Crippen LogP contribution is 2.66. The number of fused-ring (bicyclic) bond motifs is 11. The molecule has 0 bridgehead atoms.